The minimum absolute atomic E-state index is 0.0340. The van der Waals surface area contributed by atoms with Gasteiger partial charge in [-0.3, -0.25) is 4.79 Å². The van der Waals surface area contributed by atoms with Crippen molar-refractivity contribution in [3.63, 3.8) is 0 Å². The van der Waals surface area contributed by atoms with E-state index in [4.69, 9.17) is 21.1 Å². The maximum Gasteiger partial charge on any atom is 0.235 e. The number of amides is 1. The number of halogens is 1. The van der Waals surface area contributed by atoms with Crippen LogP contribution in [0.25, 0.3) is 0 Å². The molecule has 1 heterocycles. The second kappa shape index (κ2) is 6.15. The molecule has 1 atom stereocenters. The van der Waals surface area contributed by atoms with Gasteiger partial charge in [0.05, 0.1) is 6.04 Å². The van der Waals surface area contributed by atoms with Gasteiger partial charge in [-0.05, 0) is 23.6 Å². The van der Waals surface area contributed by atoms with Gasteiger partial charge in [0.1, 0.15) is 19.1 Å². The largest absolute Gasteiger partial charge is 0.486 e. The minimum atomic E-state index is -0.171. The summed E-state index contributed by atoms with van der Waals surface area (Å²) in [5, 5.41) is 2.92. The first kappa shape index (κ1) is 14.0. The van der Waals surface area contributed by atoms with Gasteiger partial charge in [0.2, 0.25) is 5.91 Å². The summed E-state index contributed by atoms with van der Waals surface area (Å²) in [7, 11) is 0. The molecule has 1 N–H and O–H groups in total. The van der Waals surface area contributed by atoms with Crippen LogP contribution in [0.5, 0.6) is 11.5 Å². The van der Waals surface area contributed by atoms with E-state index in [0.29, 0.717) is 13.2 Å². The summed E-state index contributed by atoms with van der Waals surface area (Å²) < 4.78 is 11.0. The van der Waals surface area contributed by atoms with Crippen molar-refractivity contribution < 1.29 is 14.3 Å². The molecule has 0 spiro atoms. The number of alkyl halides is 1. The fourth-order valence-corrected chi connectivity index (χ4v) is 2.18. The van der Waals surface area contributed by atoms with E-state index in [1.807, 2.05) is 18.2 Å². The van der Waals surface area contributed by atoms with Crippen LogP contribution in [0.4, 0.5) is 0 Å². The number of benzene rings is 1. The van der Waals surface area contributed by atoms with E-state index in [1.54, 1.807) is 0 Å². The van der Waals surface area contributed by atoms with Crippen molar-refractivity contribution in [2.45, 2.75) is 19.9 Å². The van der Waals surface area contributed by atoms with Gasteiger partial charge in [-0.25, -0.2) is 0 Å². The van der Waals surface area contributed by atoms with Gasteiger partial charge in [0.25, 0.3) is 0 Å². The summed E-state index contributed by atoms with van der Waals surface area (Å²) in [5.41, 5.74) is 0.998. The molecule has 104 valence electrons. The quantitative estimate of drug-likeness (QED) is 0.864. The maximum atomic E-state index is 11.5. The summed E-state index contributed by atoms with van der Waals surface area (Å²) in [6.07, 6.45) is 0. The number of rotatable bonds is 4. The summed E-state index contributed by atoms with van der Waals surface area (Å²) >= 11 is 5.55. The minimum Gasteiger partial charge on any atom is -0.486 e. The van der Waals surface area contributed by atoms with Gasteiger partial charge < -0.3 is 14.8 Å². The Bertz CT molecular complexity index is 462. The third kappa shape index (κ3) is 3.32. The molecule has 1 aromatic carbocycles. The van der Waals surface area contributed by atoms with Crippen LogP contribution in [0.3, 0.4) is 0 Å². The molecule has 0 fully saturated rings. The summed E-state index contributed by atoms with van der Waals surface area (Å²) in [6.45, 7) is 5.23. The molecule has 1 aliphatic rings. The van der Waals surface area contributed by atoms with Crippen LogP contribution in [0, 0.1) is 5.92 Å². The van der Waals surface area contributed by atoms with Gasteiger partial charge in [0, 0.05) is 0 Å². The molecule has 0 bridgehead atoms. The molecule has 0 radical (unpaired) electrons. The molecule has 0 aromatic heterocycles. The molecule has 19 heavy (non-hydrogen) atoms. The standard InChI is InChI=1S/C14H18ClNO3/c1-9(2)14(16-13(17)8-15)10-3-4-11-12(7-10)19-6-5-18-11/h3-4,7,9,14H,5-6,8H2,1-2H3,(H,16,17)/t14-/m1/s1. The molecule has 0 aliphatic carbocycles. The first-order valence-electron chi connectivity index (χ1n) is 6.36. The molecule has 5 heteroatoms. The molecular weight excluding hydrogens is 266 g/mol. The highest BCUT2D eigenvalue weighted by atomic mass is 35.5. The van der Waals surface area contributed by atoms with E-state index >= 15 is 0 Å². The first-order valence-corrected chi connectivity index (χ1v) is 6.90. The zero-order valence-electron chi connectivity index (χ0n) is 11.1. The van der Waals surface area contributed by atoms with Crippen molar-refractivity contribution in [3.05, 3.63) is 23.8 Å². The van der Waals surface area contributed by atoms with Crippen LogP contribution < -0.4 is 14.8 Å². The highest BCUT2D eigenvalue weighted by Gasteiger charge is 2.20. The Morgan fingerprint density at radius 1 is 1.32 bits per heavy atom. The molecular formula is C14H18ClNO3. The van der Waals surface area contributed by atoms with Crippen LogP contribution in [0.15, 0.2) is 18.2 Å². The lowest BCUT2D eigenvalue weighted by molar-refractivity contribution is -0.119. The zero-order valence-corrected chi connectivity index (χ0v) is 11.9. The number of hydrogen-bond donors (Lipinski definition) is 1. The molecule has 2 rings (SSSR count). The molecule has 0 saturated heterocycles. The van der Waals surface area contributed by atoms with Gasteiger partial charge in [-0.2, -0.15) is 0 Å². The molecule has 4 nitrogen and oxygen atoms in total. The highest BCUT2D eigenvalue weighted by molar-refractivity contribution is 6.27. The van der Waals surface area contributed by atoms with Crippen LogP contribution in [0.1, 0.15) is 25.5 Å². The third-order valence-electron chi connectivity index (χ3n) is 3.03. The number of carbonyl (C=O) groups is 1. The average Bonchev–Trinajstić information content (AvgIpc) is 2.43. The Morgan fingerprint density at radius 3 is 2.63 bits per heavy atom. The second-order valence-electron chi connectivity index (χ2n) is 4.83. The molecule has 1 aliphatic heterocycles. The Hall–Kier alpha value is -1.42. The van der Waals surface area contributed by atoms with E-state index in [1.165, 1.54) is 0 Å². The lowest BCUT2D eigenvalue weighted by Crippen LogP contribution is -2.32. The SMILES string of the molecule is CC(C)[C@@H](NC(=O)CCl)c1ccc2c(c1)OCCO2. The van der Waals surface area contributed by atoms with Crippen molar-refractivity contribution in [2.75, 3.05) is 19.1 Å². The van der Waals surface area contributed by atoms with Gasteiger partial charge in [-0.15, -0.1) is 11.6 Å². The number of fused-ring (bicyclic) bond motifs is 1. The van der Waals surface area contributed by atoms with Crippen LogP contribution in [-0.4, -0.2) is 25.0 Å². The normalized spacial score (nSPS) is 15.2. The fraction of sp³-hybridized carbons (Fsp3) is 0.500. The third-order valence-corrected chi connectivity index (χ3v) is 3.27. The first-order chi connectivity index (χ1) is 9.11. The van der Waals surface area contributed by atoms with E-state index in [9.17, 15) is 4.79 Å². The van der Waals surface area contributed by atoms with Crippen molar-refractivity contribution in [1.29, 1.82) is 0 Å². The fourth-order valence-electron chi connectivity index (χ4n) is 2.10. The van der Waals surface area contributed by atoms with Crippen LogP contribution in [-0.2, 0) is 4.79 Å². The average molecular weight is 284 g/mol. The van der Waals surface area contributed by atoms with Crippen molar-refractivity contribution in [1.82, 2.24) is 5.32 Å². The summed E-state index contributed by atoms with van der Waals surface area (Å²) in [6, 6.07) is 5.67. The lowest BCUT2D eigenvalue weighted by atomic mass is 9.95. The zero-order chi connectivity index (χ0) is 13.8. The lowest BCUT2D eigenvalue weighted by Gasteiger charge is -2.25. The van der Waals surface area contributed by atoms with Crippen molar-refractivity contribution in [3.8, 4) is 11.5 Å². The Balaban J connectivity index is 2.24. The molecule has 0 unspecified atom stereocenters. The van der Waals surface area contributed by atoms with E-state index < -0.39 is 0 Å². The van der Waals surface area contributed by atoms with E-state index in [0.717, 1.165) is 17.1 Å². The van der Waals surface area contributed by atoms with Crippen molar-refractivity contribution >= 4 is 17.5 Å². The molecule has 1 amide bonds. The number of nitrogens with one attached hydrogen (secondary N) is 1. The highest BCUT2D eigenvalue weighted by Crippen LogP contribution is 2.34. The van der Waals surface area contributed by atoms with Crippen molar-refractivity contribution in [2.24, 2.45) is 5.92 Å². The Kier molecular flexibility index (Phi) is 4.53. The Morgan fingerprint density at radius 2 is 2.00 bits per heavy atom. The number of hydrogen-bond acceptors (Lipinski definition) is 3. The topological polar surface area (TPSA) is 47.6 Å². The van der Waals surface area contributed by atoms with Gasteiger partial charge in [-0.1, -0.05) is 19.9 Å². The summed E-state index contributed by atoms with van der Waals surface area (Å²) in [5.74, 6) is 1.54. The van der Waals surface area contributed by atoms with Crippen LogP contribution in [0.2, 0.25) is 0 Å². The summed E-state index contributed by atoms with van der Waals surface area (Å²) in [4.78, 5) is 11.5. The Labute approximate surface area is 118 Å². The predicted octanol–water partition coefficient (Wildman–Crippen LogP) is 2.51. The monoisotopic (exact) mass is 283 g/mol. The smallest absolute Gasteiger partial charge is 0.235 e. The van der Waals surface area contributed by atoms with Gasteiger partial charge in [0.15, 0.2) is 11.5 Å². The molecule has 0 saturated carbocycles. The van der Waals surface area contributed by atoms with Gasteiger partial charge >= 0.3 is 0 Å². The molecule has 1 aromatic rings. The van der Waals surface area contributed by atoms with E-state index in [2.05, 4.69) is 19.2 Å². The predicted molar refractivity (Wildman–Crippen MR) is 73.9 cm³/mol. The second-order valence-corrected chi connectivity index (χ2v) is 5.09. The number of carbonyl (C=O) groups excluding carboxylic acids is 1. The number of ether oxygens (including phenoxy) is 2. The van der Waals surface area contributed by atoms with Crippen LogP contribution >= 0.6 is 11.6 Å². The van der Waals surface area contributed by atoms with E-state index in [-0.39, 0.29) is 23.7 Å². The maximum absolute atomic E-state index is 11.5.